The van der Waals surface area contributed by atoms with Gasteiger partial charge in [0.1, 0.15) is 29.5 Å². The van der Waals surface area contributed by atoms with Crippen LogP contribution in [0.5, 0.6) is 0 Å². The minimum Gasteiger partial charge on any atom is -0.367 e. The molecule has 0 aliphatic heterocycles. The van der Waals surface area contributed by atoms with Crippen molar-refractivity contribution in [1.82, 2.24) is 9.97 Å². The molecule has 0 aromatic carbocycles. The van der Waals surface area contributed by atoms with Gasteiger partial charge in [0, 0.05) is 25.4 Å². The lowest BCUT2D eigenvalue weighted by Gasteiger charge is -2.11. The summed E-state index contributed by atoms with van der Waals surface area (Å²) in [5, 5.41) is 25.0. The number of aromatic nitrogens is 2. The summed E-state index contributed by atoms with van der Waals surface area (Å²) in [6.07, 6.45) is -2.87. The first-order valence-corrected chi connectivity index (χ1v) is 7.35. The van der Waals surface area contributed by atoms with E-state index in [1.54, 1.807) is 6.07 Å². The first-order chi connectivity index (χ1) is 12.2. The van der Waals surface area contributed by atoms with Crippen LogP contribution in [0.25, 0.3) is 0 Å². The summed E-state index contributed by atoms with van der Waals surface area (Å²) in [5.74, 6) is 0.213. The van der Waals surface area contributed by atoms with Crippen molar-refractivity contribution in [3.8, 4) is 6.07 Å². The Morgan fingerprint density at radius 2 is 1.81 bits per heavy atom. The summed E-state index contributed by atoms with van der Waals surface area (Å²) >= 11 is 5.76. The number of hydrogen-bond acceptors (Lipinski definition) is 7. The minimum absolute atomic E-state index is 0.00936. The van der Waals surface area contributed by atoms with E-state index in [-0.39, 0.29) is 41.0 Å². The van der Waals surface area contributed by atoms with E-state index in [0.29, 0.717) is 6.20 Å². The molecule has 2 rings (SSSR count). The van der Waals surface area contributed by atoms with Crippen LogP contribution < -0.4 is 10.6 Å². The second kappa shape index (κ2) is 7.83. The van der Waals surface area contributed by atoms with Crippen LogP contribution in [0, 0.1) is 21.4 Å². The van der Waals surface area contributed by atoms with Gasteiger partial charge in [0.2, 0.25) is 0 Å². The number of nitrogens with zero attached hydrogens (tertiary/aromatic N) is 4. The fraction of sp³-hybridized carbons (Fsp3) is 0.214. The van der Waals surface area contributed by atoms with E-state index in [1.807, 2.05) is 0 Å². The molecule has 0 radical (unpaired) electrons. The van der Waals surface area contributed by atoms with Gasteiger partial charge < -0.3 is 10.6 Å². The Bertz CT molecular complexity index is 869. The molecule has 2 aromatic heterocycles. The molecule has 8 nitrogen and oxygen atoms in total. The third-order valence-electron chi connectivity index (χ3n) is 3.08. The third kappa shape index (κ3) is 4.70. The maximum Gasteiger partial charge on any atom is 0.417 e. The standard InChI is InChI=1S/C14H10ClF3N6O2/c15-11-4-9(14(16,17)18)6-22-13(11)21-2-1-20-12-8(5-19)3-10(7-23-12)24(25)26/h3-4,6-7H,1-2H2,(H,20,23)(H,21,22). The van der Waals surface area contributed by atoms with Crippen molar-refractivity contribution in [2.75, 3.05) is 23.7 Å². The number of anilines is 2. The maximum absolute atomic E-state index is 12.5. The molecule has 2 heterocycles. The minimum atomic E-state index is -4.54. The highest BCUT2D eigenvalue weighted by Gasteiger charge is 2.31. The van der Waals surface area contributed by atoms with Gasteiger partial charge in [-0.2, -0.15) is 18.4 Å². The molecule has 0 fully saturated rings. The first kappa shape index (κ1) is 19.2. The van der Waals surface area contributed by atoms with Crippen LogP contribution in [0.1, 0.15) is 11.1 Å². The average molecular weight is 387 g/mol. The van der Waals surface area contributed by atoms with E-state index in [2.05, 4.69) is 20.6 Å². The second-order valence-corrected chi connectivity index (χ2v) is 5.27. The van der Waals surface area contributed by atoms with Gasteiger partial charge in [-0.3, -0.25) is 10.1 Å². The molecule has 2 aromatic rings. The summed E-state index contributed by atoms with van der Waals surface area (Å²) in [6.45, 7) is 0.403. The quantitative estimate of drug-likeness (QED) is 0.443. The van der Waals surface area contributed by atoms with Crippen LogP contribution in [-0.4, -0.2) is 28.0 Å². The van der Waals surface area contributed by atoms with Gasteiger partial charge in [-0.1, -0.05) is 11.6 Å². The smallest absolute Gasteiger partial charge is 0.367 e. The summed E-state index contributed by atoms with van der Waals surface area (Å²) in [6, 6.07) is 3.63. The number of alkyl halides is 3. The molecule has 136 valence electrons. The lowest BCUT2D eigenvalue weighted by molar-refractivity contribution is -0.385. The fourth-order valence-corrected chi connectivity index (χ4v) is 2.10. The number of hydrogen-bond donors (Lipinski definition) is 2. The normalized spacial score (nSPS) is 10.9. The van der Waals surface area contributed by atoms with E-state index in [4.69, 9.17) is 16.9 Å². The molecule has 2 N–H and O–H groups in total. The molecule has 0 unspecified atom stereocenters. The van der Waals surface area contributed by atoms with Gasteiger partial charge in [-0.25, -0.2) is 9.97 Å². The largest absolute Gasteiger partial charge is 0.417 e. The van der Waals surface area contributed by atoms with Gasteiger partial charge in [-0.15, -0.1) is 0 Å². The Morgan fingerprint density at radius 3 is 2.35 bits per heavy atom. The molecule has 0 aliphatic rings. The number of pyridine rings is 2. The third-order valence-corrected chi connectivity index (χ3v) is 3.37. The number of nitriles is 1. The van der Waals surface area contributed by atoms with Gasteiger partial charge >= 0.3 is 6.18 Å². The van der Waals surface area contributed by atoms with Crippen LogP contribution in [0.15, 0.2) is 24.5 Å². The first-order valence-electron chi connectivity index (χ1n) is 6.97. The topological polar surface area (TPSA) is 117 Å². The number of nitrogens with one attached hydrogen (secondary N) is 2. The Balaban J connectivity index is 1.95. The van der Waals surface area contributed by atoms with Crippen LogP contribution in [0.3, 0.4) is 0 Å². The summed E-state index contributed by atoms with van der Waals surface area (Å²) < 4.78 is 37.6. The molecule has 0 amide bonds. The summed E-state index contributed by atoms with van der Waals surface area (Å²) in [4.78, 5) is 17.4. The van der Waals surface area contributed by atoms with Crippen molar-refractivity contribution in [2.24, 2.45) is 0 Å². The van der Waals surface area contributed by atoms with E-state index in [9.17, 15) is 23.3 Å². The molecule has 12 heteroatoms. The number of rotatable bonds is 6. The lowest BCUT2D eigenvalue weighted by atomic mass is 10.2. The molecule has 0 aliphatic carbocycles. The lowest BCUT2D eigenvalue weighted by Crippen LogP contribution is -2.16. The average Bonchev–Trinajstić information content (AvgIpc) is 2.58. The molecule has 0 spiro atoms. The van der Waals surface area contributed by atoms with Gasteiger partial charge in [-0.05, 0) is 6.07 Å². The fourth-order valence-electron chi connectivity index (χ4n) is 1.86. The van der Waals surface area contributed by atoms with E-state index in [0.717, 1.165) is 18.3 Å². The van der Waals surface area contributed by atoms with E-state index in [1.165, 1.54) is 0 Å². The Morgan fingerprint density at radius 1 is 1.19 bits per heavy atom. The van der Waals surface area contributed by atoms with Crippen molar-refractivity contribution < 1.29 is 18.1 Å². The number of nitro groups is 1. The Kier molecular flexibility index (Phi) is 5.78. The predicted octanol–water partition coefficient (Wildman–Crippen LogP) is 3.45. The van der Waals surface area contributed by atoms with Crippen molar-refractivity contribution >= 4 is 28.9 Å². The monoisotopic (exact) mass is 386 g/mol. The van der Waals surface area contributed by atoms with E-state index >= 15 is 0 Å². The second-order valence-electron chi connectivity index (χ2n) is 4.86. The molecular formula is C14H10ClF3N6O2. The Labute approximate surface area is 149 Å². The molecule has 0 atom stereocenters. The van der Waals surface area contributed by atoms with Crippen molar-refractivity contribution in [1.29, 1.82) is 5.26 Å². The molecule has 0 saturated carbocycles. The van der Waals surface area contributed by atoms with Crippen LogP contribution in [0.4, 0.5) is 30.5 Å². The molecule has 0 saturated heterocycles. The van der Waals surface area contributed by atoms with Gasteiger partial charge in [0.05, 0.1) is 15.5 Å². The van der Waals surface area contributed by atoms with Gasteiger partial charge in [0.25, 0.3) is 5.69 Å². The summed E-state index contributed by atoms with van der Waals surface area (Å²) in [5.41, 5.74) is -1.28. The van der Waals surface area contributed by atoms with Gasteiger partial charge in [0.15, 0.2) is 0 Å². The zero-order valence-corrected chi connectivity index (χ0v) is 13.6. The summed E-state index contributed by atoms with van der Waals surface area (Å²) in [7, 11) is 0. The van der Waals surface area contributed by atoms with Crippen LogP contribution in [-0.2, 0) is 6.18 Å². The van der Waals surface area contributed by atoms with Crippen LogP contribution >= 0.6 is 11.6 Å². The zero-order valence-electron chi connectivity index (χ0n) is 12.8. The predicted molar refractivity (Wildman–Crippen MR) is 86.8 cm³/mol. The Hall–Kier alpha value is -3.13. The highest BCUT2D eigenvalue weighted by Crippen LogP contribution is 2.32. The molecule has 0 bridgehead atoms. The SMILES string of the molecule is N#Cc1cc([N+](=O)[O-])cnc1NCCNc1ncc(C(F)(F)F)cc1Cl. The zero-order chi connectivity index (χ0) is 19.3. The highest BCUT2D eigenvalue weighted by molar-refractivity contribution is 6.32. The van der Waals surface area contributed by atoms with Crippen molar-refractivity contribution in [2.45, 2.75) is 6.18 Å². The highest BCUT2D eigenvalue weighted by atomic mass is 35.5. The van der Waals surface area contributed by atoms with Crippen molar-refractivity contribution in [3.05, 3.63) is 50.8 Å². The maximum atomic E-state index is 12.5. The molecular weight excluding hydrogens is 377 g/mol. The number of halogens is 4. The molecule has 26 heavy (non-hydrogen) atoms. The van der Waals surface area contributed by atoms with Crippen molar-refractivity contribution in [3.63, 3.8) is 0 Å². The van der Waals surface area contributed by atoms with Crippen LogP contribution in [0.2, 0.25) is 5.02 Å². The van der Waals surface area contributed by atoms with E-state index < -0.39 is 16.7 Å².